The Kier molecular flexibility index (Phi) is 6.50. The normalized spacial score (nSPS) is 15.3. The number of piperidine rings is 1. The summed E-state index contributed by atoms with van der Waals surface area (Å²) >= 11 is 0. The molecule has 1 aromatic carbocycles. The zero-order chi connectivity index (χ0) is 24.5. The second-order valence-electron chi connectivity index (χ2n) is 9.19. The number of carbonyl (C=O) groups is 1. The fraction of sp³-hybridized carbons (Fsp3) is 0.391. The van der Waals surface area contributed by atoms with Crippen molar-refractivity contribution in [3.05, 3.63) is 59.8 Å². The summed E-state index contributed by atoms with van der Waals surface area (Å²) in [5.41, 5.74) is 0.393. The number of hydrogen-bond acceptors (Lipinski definition) is 6. The van der Waals surface area contributed by atoms with E-state index in [1.807, 2.05) is 20.8 Å². The quantitative estimate of drug-likeness (QED) is 0.591. The summed E-state index contributed by atoms with van der Waals surface area (Å²) in [7, 11) is -4.05. The lowest BCUT2D eigenvalue weighted by atomic mass is 9.92. The van der Waals surface area contributed by atoms with Gasteiger partial charge in [0.1, 0.15) is 16.5 Å². The van der Waals surface area contributed by atoms with E-state index in [2.05, 4.69) is 20.4 Å². The van der Waals surface area contributed by atoms with Crippen molar-refractivity contribution in [3.8, 4) is 5.95 Å². The third-order valence-corrected chi connectivity index (χ3v) is 7.50. The third-order valence-electron chi connectivity index (χ3n) is 5.59. The number of aromatic nitrogens is 4. The van der Waals surface area contributed by atoms with Crippen LogP contribution in [0, 0.1) is 5.82 Å². The summed E-state index contributed by atoms with van der Waals surface area (Å²) in [5, 5.41) is 7.29. The van der Waals surface area contributed by atoms with Crippen molar-refractivity contribution in [2.75, 3.05) is 18.4 Å². The summed E-state index contributed by atoms with van der Waals surface area (Å²) in [6.07, 6.45) is 5.51. The van der Waals surface area contributed by atoms with Gasteiger partial charge in [-0.1, -0.05) is 27.2 Å². The number of carbonyl (C=O) groups excluding carboxylic acids is 1. The number of halogens is 1. The van der Waals surface area contributed by atoms with Gasteiger partial charge in [0.15, 0.2) is 0 Å². The number of benzene rings is 1. The van der Waals surface area contributed by atoms with Crippen molar-refractivity contribution in [2.45, 2.75) is 50.3 Å². The number of nitrogens with zero attached hydrogens (tertiary/aromatic N) is 5. The lowest BCUT2D eigenvalue weighted by molar-refractivity contribution is 0.102. The fourth-order valence-electron chi connectivity index (χ4n) is 3.66. The highest BCUT2D eigenvalue weighted by Gasteiger charge is 2.30. The molecule has 11 heteroatoms. The van der Waals surface area contributed by atoms with Gasteiger partial charge in [-0.05, 0) is 37.1 Å². The van der Waals surface area contributed by atoms with Gasteiger partial charge in [0.05, 0.1) is 5.69 Å². The van der Waals surface area contributed by atoms with Gasteiger partial charge in [-0.15, -0.1) is 0 Å². The maximum atomic E-state index is 14.6. The summed E-state index contributed by atoms with van der Waals surface area (Å²) in [4.78, 5) is 21.0. The first kappa shape index (κ1) is 24.0. The Morgan fingerprint density at radius 3 is 2.38 bits per heavy atom. The molecule has 1 fully saturated rings. The van der Waals surface area contributed by atoms with Crippen LogP contribution < -0.4 is 5.32 Å². The Bertz CT molecular complexity index is 1300. The number of amides is 1. The molecule has 9 nitrogen and oxygen atoms in total. The third kappa shape index (κ3) is 4.85. The first-order chi connectivity index (χ1) is 16.1. The summed E-state index contributed by atoms with van der Waals surface area (Å²) in [6, 6.07) is 6.72. The van der Waals surface area contributed by atoms with Gasteiger partial charge >= 0.3 is 0 Å². The lowest BCUT2D eigenvalue weighted by Gasteiger charge is -2.26. The summed E-state index contributed by atoms with van der Waals surface area (Å²) in [6.45, 7) is 6.62. The van der Waals surface area contributed by atoms with Crippen LogP contribution in [0.4, 0.5) is 10.2 Å². The minimum atomic E-state index is -4.05. The van der Waals surface area contributed by atoms with Crippen molar-refractivity contribution in [3.63, 3.8) is 0 Å². The van der Waals surface area contributed by atoms with Crippen LogP contribution in [-0.4, -0.2) is 51.5 Å². The molecule has 3 heterocycles. The van der Waals surface area contributed by atoms with E-state index in [-0.39, 0.29) is 16.9 Å². The molecule has 0 spiro atoms. The van der Waals surface area contributed by atoms with Crippen molar-refractivity contribution < 1.29 is 17.6 Å². The number of anilines is 1. The number of hydrogen-bond donors (Lipinski definition) is 1. The number of sulfonamides is 1. The molecule has 34 heavy (non-hydrogen) atoms. The fourth-order valence-corrected chi connectivity index (χ4v) is 5.27. The Balaban J connectivity index is 1.67. The van der Waals surface area contributed by atoms with Gasteiger partial charge in [-0.2, -0.15) is 14.1 Å². The second-order valence-corrected chi connectivity index (χ2v) is 11.1. The molecule has 180 valence electrons. The zero-order valence-corrected chi connectivity index (χ0v) is 20.1. The molecule has 1 saturated heterocycles. The molecule has 1 aliphatic heterocycles. The highest BCUT2D eigenvalue weighted by atomic mass is 32.2. The van der Waals surface area contributed by atoms with Gasteiger partial charge in [0, 0.05) is 42.5 Å². The first-order valence-corrected chi connectivity index (χ1v) is 12.5. The van der Waals surface area contributed by atoms with Gasteiger partial charge < -0.3 is 5.32 Å². The Morgan fingerprint density at radius 2 is 1.74 bits per heavy atom. The molecule has 4 rings (SSSR count). The molecule has 0 aliphatic carbocycles. The molecule has 0 bridgehead atoms. The SMILES string of the molecule is CC(C)(C)c1cc(NC(=O)c2ccc(F)c(S(=O)(=O)N3CCCCC3)c2)n(-c2ncccn2)n1. The summed E-state index contributed by atoms with van der Waals surface area (Å²) in [5.74, 6) is -0.917. The number of rotatable bonds is 5. The Morgan fingerprint density at radius 1 is 1.06 bits per heavy atom. The predicted octanol–water partition coefficient (Wildman–Crippen LogP) is 3.53. The van der Waals surface area contributed by atoms with Crippen LogP contribution >= 0.6 is 0 Å². The van der Waals surface area contributed by atoms with E-state index in [1.54, 1.807) is 24.5 Å². The lowest BCUT2D eigenvalue weighted by Crippen LogP contribution is -2.36. The van der Waals surface area contributed by atoms with Crippen LogP contribution in [0.1, 0.15) is 56.1 Å². The van der Waals surface area contributed by atoms with Crippen molar-refractivity contribution in [1.29, 1.82) is 0 Å². The molecule has 0 unspecified atom stereocenters. The van der Waals surface area contributed by atoms with Crippen LogP contribution in [0.3, 0.4) is 0 Å². The maximum absolute atomic E-state index is 14.6. The van der Waals surface area contributed by atoms with Crippen molar-refractivity contribution >= 4 is 21.7 Å². The number of nitrogens with one attached hydrogen (secondary N) is 1. The first-order valence-electron chi connectivity index (χ1n) is 11.1. The molecular formula is C23H27FN6O3S. The molecule has 2 aromatic heterocycles. The minimum Gasteiger partial charge on any atom is -0.306 e. The standard InChI is InChI=1S/C23H27FN6O3S/c1-23(2,3)19-15-20(30(28-19)22-25-10-7-11-26-22)27-21(31)16-8-9-17(24)18(14-16)34(32,33)29-12-5-4-6-13-29/h7-11,14-15H,4-6,12-13H2,1-3H3,(H,27,31). The van der Waals surface area contributed by atoms with E-state index >= 15 is 0 Å². The van der Waals surface area contributed by atoms with Crippen LogP contribution in [0.15, 0.2) is 47.6 Å². The maximum Gasteiger partial charge on any atom is 0.256 e. The molecule has 0 radical (unpaired) electrons. The molecule has 0 atom stereocenters. The Hall–Kier alpha value is -3.18. The molecule has 1 N–H and O–H groups in total. The largest absolute Gasteiger partial charge is 0.306 e. The van der Waals surface area contributed by atoms with Crippen LogP contribution in [-0.2, 0) is 15.4 Å². The van der Waals surface area contributed by atoms with Crippen molar-refractivity contribution in [2.24, 2.45) is 0 Å². The Labute approximate surface area is 198 Å². The summed E-state index contributed by atoms with van der Waals surface area (Å²) < 4.78 is 43.3. The van der Waals surface area contributed by atoms with Crippen molar-refractivity contribution in [1.82, 2.24) is 24.1 Å². The molecule has 1 aliphatic rings. The highest BCUT2D eigenvalue weighted by Crippen LogP contribution is 2.27. The topological polar surface area (TPSA) is 110 Å². The predicted molar refractivity (Wildman–Crippen MR) is 125 cm³/mol. The highest BCUT2D eigenvalue weighted by molar-refractivity contribution is 7.89. The monoisotopic (exact) mass is 486 g/mol. The average Bonchev–Trinajstić information content (AvgIpc) is 3.25. The average molecular weight is 487 g/mol. The van der Waals surface area contributed by atoms with Gasteiger partial charge in [-0.3, -0.25) is 4.79 Å². The van der Waals surface area contributed by atoms with E-state index in [1.165, 1.54) is 15.1 Å². The van der Waals surface area contributed by atoms with E-state index in [4.69, 9.17) is 0 Å². The minimum absolute atomic E-state index is 0.0102. The molecular weight excluding hydrogens is 459 g/mol. The molecule has 0 saturated carbocycles. The zero-order valence-electron chi connectivity index (χ0n) is 19.3. The molecule has 3 aromatic rings. The van der Waals surface area contributed by atoms with E-state index < -0.39 is 26.6 Å². The van der Waals surface area contributed by atoms with Gasteiger partial charge in [-0.25, -0.2) is 22.8 Å². The van der Waals surface area contributed by atoms with Crippen LogP contribution in [0.2, 0.25) is 0 Å². The van der Waals surface area contributed by atoms with Crippen LogP contribution in [0.25, 0.3) is 5.95 Å². The molecule has 1 amide bonds. The smallest absolute Gasteiger partial charge is 0.256 e. The second kappa shape index (κ2) is 9.22. The van der Waals surface area contributed by atoms with E-state index in [0.717, 1.165) is 31.4 Å². The van der Waals surface area contributed by atoms with Crippen LogP contribution in [0.5, 0.6) is 0 Å². The van der Waals surface area contributed by atoms with Gasteiger partial charge in [0.2, 0.25) is 10.0 Å². The van der Waals surface area contributed by atoms with E-state index in [9.17, 15) is 17.6 Å². The van der Waals surface area contributed by atoms with Gasteiger partial charge in [0.25, 0.3) is 11.9 Å². The van der Waals surface area contributed by atoms with E-state index in [0.29, 0.717) is 24.6 Å².